The summed E-state index contributed by atoms with van der Waals surface area (Å²) in [5.41, 5.74) is 0.391. The monoisotopic (exact) mass is 270 g/mol. The maximum atomic E-state index is 11.8. The van der Waals surface area contributed by atoms with Crippen molar-refractivity contribution in [3.8, 4) is 0 Å². The van der Waals surface area contributed by atoms with Crippen LogP contribution in [0.25, 0.3) is 0 Å². The normalized spacial score (nSPS) is 10.4. The minimum atomic E-state index is -0.378. The van der Waals surface area contributed by atoms with Gasteiger partial charge in [0.05, 0.1) is 5.02 Å². The fraction of sp³-hybridized carbons (Fsp3) is 0.538. The van der Waals surface area contributed by atoms with Crippen LogP contribution in [0.15, 0.2) is 10.9 Å². The first-order valence-corrected chi connectivity index (χ1v) is 6.67. The molecular weight excluding hydrogens is 252 g/mol. The lowest BCUT2D eigenvalue weighted by atomic mass is 10.2. The molecule has 0 spiro atoms. The number of aromatic amines is 1. The maximum absolute atomic E-state index is 11.8. The second-order valence-corrected chi connectivity index (χ2v) is 4.61. The van der Waals surface area contributed by atoms with Crippen LogP contribution in [-0.2, 0) is 6.42 Å². The maximum Gasteiger partial charge on any atom is 0.261 e. The standard InChI is InChI=1S/C13H19ClN2O2/c1-3-5-7-15-12(17)9-8-10(14)11(6-4-2)16-13(9)18/h8H,3-7H2,1-2H3,(H,15,17)(H,16,18). The number of unbranched alkanes of at least 4 members (excludes halogenated alkanes) is 1. The van der Waals surface area contributed by atoms with Gasteiger partial charge in [-0.3, -0.25) is 9.59 Å². The summed E-state index contributed by atoms with van der Waals surface area (Å²) in [5.74, 6) is -0.366. The Morgan fingerprint density at radius 2 is 2.11 bits per heavy atom. The van der Waals surface area contributed by atoms with Crippen LogP contribution in [0.2, 0.25) is 5.02 Å². The number of carbonyl (C=O) groups excluding carboxylic acids is 1. The molecule has 1 rings (SSSR count). The Bertz CT molecular complexity index is 469. The molecular formula is C13H19ClN2O2. The van der Waals surface area contributed by atoms with Crippen molar-refractivity contribution in [1.82, 2.24) is 10.3 Å². The summed E-state index contributed by atoms with van der Waals surface area (Å²) in [5, 5.41) is 3.14. The van der Waals surface area contributed by atoms with Gasteiger partial charge in [0.25, 0.3) is 11.5 Å². The van der Waals surface area contributed by atoms with E-state index in [1.807, 2.05) is 13.8 Å². The zero-order valence-electron chi connectivity index (χ0n) is 10.8. The Kier molecular flexibility index (Phi) is 5.92. The zero-order valence-corrected chi connectivity index (χ0v) is 11.6. The Morgan fingerprint density at radius 1 is 1.39 bits per heavy atom. The van der Waals surface area contributed by atoms with Crippen molar-refractivity contribution >= 4 is 17.5 Å². The predicted molar refractivity (Wildman–Crippen MR) is 73.3 cm³/mol. The summed E-state index contributed by atoms with van der Waals surface area (Å²) in [6.45, 7) is 4.61. The van der Waals surface area contributed by atoms with Crippen molar-refractivity contribution in [2.45, 2.75) is 39.5 Å². The van der Waals surface area contributed by atoms with E-state index in [0.29, 0.717) is 23.7 Å². The second-order valence-electron chi connectivity index (χ2n) is 4.20. The molecule has 1 heterocycles. The summed E-state index contributed by atoms with van der Waals surface area (Å²) >= 11 is 6.04. The highest BCUT2D eigenvalue weighted by atomic mass is 35.5. The Morgan fingerprint density at radius 3 is 2.72 bits per heavy atom. The third-order valence-corrected chi connectivity index (χ3v) is 2.97. The quantitative estimate of drug-likeness (QED) is 0.780. The molecule has 0 radical (unpaired) electrons. The van der Waals surface area contributed by atoms with Gasteiger partial charge >= 0.3 is 0 Å². The first kappa shape index (κ1) is 14.8. The third kappa shape index (κ3) is 3.88. The number of amides is 1. The van der Waals surface area contributed by atoms with Crippen molar-refractivity contribution < 1.29 is 4.79 Å². The van der Waals surface area contributed by atoms with Gasteiger partial charge < -0.3 is 10.3 Å². The van der Waals surface area contributed by atoms with E-state index < -0.39 is 0 Å². The van der Waals surface area contributed by atoms with Crippen LogP contribution < -0.4 is 10.9 Å². The molecule has 0 saturated heterocycles. The second kappa shape index (κ2) is 7.21. The summed E-state index contributed by atoms with van der Waals surface area (Å²) in [6, 6.07) is 1.45. The summed E-state index contributed by atoms with van der Waals surface area (Å²) in [6.07, 6.45) is 3.47. The molecule has 0 saturated carbocycles. The van der Waals surface area contributed by atoms with Gasteiger partial charge in [-0.25, -0.2) is 0 Å². The molecule has 0 unspecified atom stereocenters. The number of H-pyrrole nitrogens is 1. The van der Waals surface area contributed by atoms with Crippen molar-refractivity contribution in [2.75, 3.05) is 6.54 Å². The van der Waals surface area contributed by atoms with E-state index in [4.69, 9.17) is 11.6 Å². The molecule has 4 nitrogen and oxygen atoms in total. The number of carbonyl (C=O) groups is 1. The van der Waals surface area contributed by atoms with E-state index in [1.54, 1.807) is 0 Å². The Labute approximate surface area is 112 Å². The lowest BCUT2D eigenvalue weighted by molar-refractivity contribution is 0.0951. The number of rotatable bonds is 6. The fourth-order valence-corrected chi connectivity index (χ4v) is 1.87. The average molecular weight is 271 g/mol. The molecule has 1 amide bonds. The van der Waals surface area contributed by atoms with Gasteiger partial charge in [-0.1, -0.05) is 38.3 Å². The van der Waals surface area contributed by atoms with Crippen molar-refractivity contribution in [2.24, 2.45) is 0 Å². The van der Waals surface area contributed by atoms with Crippen molar-refractivity contribution in [3.63, 3.8) is 0 Å². The van der Waals surface area contributed by atoms with Gasteiger partial charge in [-0.05, 0) is 18.9 Å². The molecule has 18 heavy (non-hydrogen) atoms. The van der Waals surface area contributed by atoms with Crippen LogP contribution >= 0.6 is 11.6 Å². The Balaban J connectivity index is 2.87. The zero-order chi connectivity index (χ0) is 13.5. The smallest absolute Gasteiger partial charge is 0.261 e. The van der Waals surface area contributed by atoms with Crippen LogP contribution in [0.1, 0.15) is 49.2 Å². The van der Waals surface area contributed by atoms with E-state index in [0.717, 1.165) is 19.3 Å². The van der Waals surface area contributed by atoms with E-state index in [1.165, 1.54) is 6.07 Å². The molecule has 0 aliphatic heterocycles. The topological polar surface area (TPSA) is 62.0 Å². The summed E-state index contributed by atoms with van der Waals surface area (Å²) in [4.78, 5) is 26.2. The minimum absolute atomic E-state index is 0.0796. The molecule has 0 bridgehead atoms. The van der Waals surface area contributed by atoms with Crippen LogP contribution in [0.4, 0.5) is 0 Å². The number of hydrogen-bond acceptors (Lipinski definition) is 2. The van der Waals surface area contributed by atoms with E-state index in [2.05, 4.69) is 10.3 Å². The molecule has 100 valence electrons. The number of halogens is 1. The lowest BCUT2D eigenvalue weighted by Crippen LogP contribution is -2.30. The highest BCUT2D eigenvalue weighted by Crippen LogP contribution is 2.14. The van der Waals surface area contributed by atoms with Gasteiger partial charge in [-0.2, -0.15) is 0 Å². The predicted octanol–water partition coefficient (Wildman–Crippen LogP) is 2.51. The summed E-state index contributed by atoms with van der Waals surface area (Å²) in [7, 11) is 0. The summed E-state index contributed by atoms with van der Waals surface area (Å²) < 4.78 is 0. The average Bonchev–Trinajstić information content (AvgIpc) is 2.34. The van der Waals surface area contributed by atoms with E-state index in [-0.39, 0.29) is 17.0 Å². The van der Waals surface area contributed by atoms with Gasteiger partial charge in [0, 0.05) is 12.2 Å². The largest absolute Gasteiger partial charge is 0.352 e. The fourth-order valence-electron chi connectivity index (χ4n) is 1.62. The number of aryl methyl sites for hydroxylation is 1. The minimum Gasteiger partial charge on any atom is -0.352 e. The molecule has 2 N–H and O–H groups in total. The van der Waals surface area contributed by atoms with Gasteiger partial charge in [0.15, 0.2) is 0 Å². The first-order valence-electron chi connectivity index (χ1n) is 6.30. The van der Waals surface area contributed by atoms with Crippen LogP contribution in [-0.4, -0.2) is 17.4 Å². The number of hydrogen-bond donors (Lipinski definition) is 2. The van der Waals surface area contributed by atoms with Gasteiger partial charge in [-0.15, -0.1) is 0 Å². The highest BCUT2D eigenvalue weighted by Gasteiger charge is 2.13. The molecule has 1 aromatic rings. The van der Waals surface area contributed by atoms with Gasteiger partial charge in [0.1, 0.15) is 5.56 Å². The Hall–Kier alpha value is -1.29. The first-order chi connectivity index (χ1) is 8.60. The molecule has 0 atom stereocenters. The van der Waals surface area contributed by atoms with E-state index in [9.17, 15) is 9.59 Å². The molecule has 0 aliphatic rings. The molecule has 5 heteroatoms. The van der Waals surface area contributed by atoms with Crippen LogP contribution in [0.3, 0.4) is 0 Å². The molecule has 0 aromatic carbocycles. The van der Waals surface area contributed by atoms with Crippen LogP contribution in [0.5, 0.6) is 0 Å². The molecule has 0 fully saturated rings. The number of pyridine rings is 1. The molecule has 1 aromatic heterocycles. The number of aromatic nitrogens is 1. The SMILES string of the molecule is CCCCNC(=O)c1cc(Cl)c(CCC)[nH]c1=O. The van der Waals surface area contributed by atoms with E-state index >= 15 is 0 Å². The van der Waals surface area contributed by atoms with Crippen molar-refractivity contribution in [1.29, 1.82) is 0 Å². The highest BCUT2D eigenvalue weighted by molar-refractivity contribution is 6.31. The van der Waals surface area contributed by atoms with Crippen LogP contribution in [0, 0.1) is 0 Å². The molecule has 0 aliphatic carbocycles. The number of nitrogens with one attached hydrogen (secondary N) is 2. The lowest BCUT2D eigenvalue weighted by Gasteiger charge is -2.07. The van der Waals surface area contributed by atoms with Gasteiger partial charge in [0.2, 0.25) is 0 Å². The van der Waals surface area contributed by atoms with Crippen molar-refractivity contribution in [3.05, 3.63) is 32.7 Å². The third-order valence-electron chi connectivity index (χ3n) is 2.63.